The fourth-order valence-electron chi connectivity index (χ4n) is 3.58. The number of pyridine rings is 1. The Kier molecular flexibility index (Phi) is 8.38. The molecular formula is C26H28N2O3. The van der Waals surface area contributed by atoms with Gasteiger partial charge in [-0.2, -0.15) is 0 Å². The molecule has 5 heteroatoms. The molecule has 5 nitrogen and oxygen atoms in total. The van der Waals surface area contributed by atoms with Crippen LogP contribution in [0, 0.1) is 0 Å². The van der Waals surface area contributed by atoms with Gasteiger partial charge in [0.2, 0.25) is 0 Å². The highest BCUT2D eigenvalue weighted by molar-refractivity contribution is 5.87. The van der Waals surface area contributed by atoms with Crippen molar-refractivity contribution in [3.05, 3.63) is 113 Å². The molecule has 3 aromatic rings. The number of ether oxygens (including phenoxy) is 1. The number of hydrogen-bond acceptors (Lipinski definition) is 4. The highest BCUT2D eigenvalue weighted by atomic mass is 16.5. The summed E-state index contributed by atoms with van der Waals surface area (Å²) in [6, 6.07) is 26.0. The number of carboxylic acids is 1. The van der Waals surface area contributed by atoms with Crippen molar-refractivity contribution < 1.29 is 14.6 Å². The van der Waals surface area contributed by atoms with Gasteiger partial charge in [0.05, 0.1) is 18.8 Å². The molecule has 0 fully saturated rings. The average molecular weight is 417 g/mol. The third-order valence-electron chi connectivity index (χ3n) is 5.22. The van der Waals surface area contributed by atoms with Gasteiger partial charge in [0, 0.05) is 29.9 Å². The molecule has 160 valence electrons. The summed E-state index contributed by atoms with van der Waals surface area (Å²) in [5.74, 6) is -0.902. The molecule has 31 heavy (non-hydrogen) atoms. The van der Waals surface area contributed by atoms with Gasteiger partial charge in [0.1, 0.15) is 0 Å². The van der Waals surface area contributed by atoms with E-state index in [4.69, 9.17) is 10.5 Å². The van der Waals surface area contributed by atoms with E-state index in [1.165, 1.54) is 0 Å². The average Bonchev–Trinajstić information content (AvgIpc) is 2.81. The zero-order valence-electron chi connectivity index (χ0n) is 17.5. The Labute approximate surface area is 183 Å². The Morgan fingerprint density at radius 1 is 0.935 bits per heavy atom. The summed E-state index contributed by atoms with van der Waals surface area (Å²) < 4.78 is 5.62. The Hall–Kier alpha value is -3.44. The highest BCUT2D eigenvalue weighted by Gasteiger charge is 2.19. The minimum Gasteiger partial charge on any atom is -0.478 e. The predicted octanol–water partition coefficient (Wildman–Crippen LogP) is 4.55. The van der Waals surface area contributed by atoms with Crippen LogP contribution in [0.4, 0.5) is 0 Å². The van der Waals surface area contributed by atoms with Crippen molar-refractivity contribution in [3.8, 4) is 0 Å². The van der Waals surface area contributed by atoms with Crippen LogP contribution in [0.3, 0.4) is 0 Å². The SMILES string of the molecule is N/C(COCCc1ccccn1)=C(/CCC(c1ccccc1)c1ccccc1)C(=O)O. The Bertz CT molecular complexity index is 934. The van der Waals surface area contributed by atoms with Gasteiger partial charge < -0.3 is 15.6 Å². The molecule has 0 radical (unpaired) electrons. The van der Waals surface area contributed by atoms with E-state index in [9.17, 15) is 9.90 Å². The second-order valence-electron chi connectivity index (χ2n) is 7.35. The summed E-state index contributed by atoms with van der Waals surface area (Å²) in [4.78, 5) is 16.1. The van der Waals surface area contributed by atoms with Gasteiger partial charge in [-0.3, -0.25) is 4.98 Å². The molecule has 0 aliphatic carbocycles. The number of carboxylic acid groups (broad SMARTS) is 1. The molecule has 0 aliphatic heterocycles. The standard InChI is InChI=1S/C26H28N2O3/c27-25(19-31-18-16-22-13-7-8-17-28-22)24(26(29)30)15-14-23(20-9-3-1-4-10-20)21-11-5-2-6-12-21/h1-13,17,23H,14-16,18-19,27H2,(H,29,30)/b25-24-. The number of nitrogens with two attached hydrogens (primary N) is 1. The lowest BCUT2D eigenvalue weighted by atomic mass is 9.86. The highest BCUT2D eigenvalue weighted by Crippen LogP contribution is 2.30. The number of aromatic nitrogens is 1. The maximum absolute atomic E-state index is 11.9. The molecule has 0 saturated heterocycles. The van der Waals surface area contributed by atoms with E-state index in [1.807, 2.05) is 54.6 Å². The third-order valence-corrected chi connectivity index (χ3v) is 5.22. The van der Waals surface area contributed by atoms with Crippen LogP contribution in [0.15, 0.2) is 96.3 Å². The summed E-state index contributed by atoms with van der Waals surface area (Å²) in [6.45, 7) is 0.525. The lowest BCUT2D eigenvalue weighted by Crippen LogP contribution is -2.17. The summed E-state index contributed by atoms with van der Waals surface area (Å²) in [7, 11) is 0. The molecule has 0 spiro atoms. The van der Waals surface area contributed by atoms with Gasteiger partial charge in [-0.25, -0.2) is 4.79 Å². The lowest BCUT2D eigenvalue weighted by molar-refractivity contribution is -0.133. The lowest BCUT2D eigenvalue weighted by Gasteiger charge is -2.19. The van der Waals surface area contributed by atoms with Crippen LogP contribution >= 0.6 is 0 Å². The van der Waals surface area contributed by atoms with Crippen LogP contribution in [-0.2, 0) is 16.0 Å². The van der Waals surface area contributed by atoms with E-state index in [0.717, 1.165) is 16.8 Å². The minimum absolute atomic E-state index is 0.0922. The van der Waals surface area contributed by atoms with E-state index in [1.54, 1.807) is 6.20 Å². The topological polar surface area (TPSA) is 85.4 Å². The van der Waals surface area contributed by atoms with Gasteiger partial charge >= 0.3 is 5.97 Å². The Balaban J connectivity index is 1.65. The van der Waals surface area contributed by atoms with Crippen molar-refractivity contribution in [1.82, 2.24) is 4.98 Å². The molecule has 0 saturated carbocycles. The second-order valence-corrected chi connectivity index (χ2v) is 7.35. The first-order chi connectivity index (χ1) is 15.1. The first kappa shape index (κ1) is 22.2. The van der Waals surface area contributed by atoms with Crippen molar-refractivity contribution in [3.63, 3.8) is 0 Å². The summed E-state index contributed by atoms with van der Waals surface area (Å²) in [6.07, 6.45) is 3.39. The molecule has 3 rings (SSSR count). The number of carbonyl (C=O) groups is 1. The van der Waals surface area contributed by atoms with Crippen molar-refractivity contribution in [2.24, 2.45) is 5.73 Å². The molecule has 0 unspecified atom stereocenters. The van der Waals surface area contributed by atoms with Crippen molar-refractivity contribution >= 4 is 5.97 Å². The summed E-state index contributed by atoms with van der Waals surface area (Å²) in [5.41, 5.74) is 9.85. The van der Waals surface area contributed by atoms with Crippen molar-refractivity contribution in [2.75, 3.05) is 13.2 Å². The molecular weight excluding hydrogens is 388 g/mol. The zero-order valence-corrected chi connectivity index (χ0v) is 17.5. The molecule has 1 heterocycles. The second kappa shape index (κ2) is 11.7. The van der Waals surface area contributed by atoms with Gasteiger partial charge in [-0.15, -0.1) is 0 Å². The molecule has 0 amide bonds. The smallest absolute Gasteiger partial charge is 0.333 e. The van der Waals surface area contributed by atoms with Crippen LogP contribution in [0.1, 0.15) is 35.6 Å². The van der Waals surface area contributed by atoms with Gasteiger partial charge in [-0.05, 0) is 36.1 Å². The summed E-state index contributed by atoms with van der Waals surface area (Å²) in [5, 5.41) is 9.73. The van der Waals surface area contributed by atoms with Crippen molar-refractivity contribution in [2.45, 2.75) is 25.2 Å². The summed E-state index contributed by atoms with van der Waals surface area (Å²) >= 11 is 0. The van der Waals surface area contributed by atoms with Crippen LogP contribution in [-0.4, -0.2) is 29.3 Å². The minimum atomic E-state index is -0.995. The molecule has 0 bridgehead atoms. The molecule has 2 aromatic carbocycles. The maximum atomic E-state index is 11.9. The number of hydrogen-bond donors (Lipinski definition) is 2. The van der Waals surface area contributed by atoms with Gasteiger partial charge in [-0.1, -0.05) is 66.7 Å². The Morgan fingerprint density at radius 3 is 2.10 bits per heavy atom. The van der Waals surface area contributed by atoms with Crippen LogP contribution in [0.25, 0.3) is 0 Å². The van der Waals surface area contributed by atoms with E-state index in [-0.39, 0.29) is 23.8 Å². The fraction of sp³-hybridized carbons (Fsp3) is 0.231. The van der Waals surface area contributed by atoms with Crippen molar-refractivity contribution in [1.29, 1.82) is 0 Å². The number of aliphatic carboxylic acids is 1. The van der Waals surface area contributed by atoms with Gasteiger partial charge in [0.15, 0.2) is 0 Å². The quantitative estimate of drug-likeness (QED) is 0.354. The van der Waals surface area contributed by atoms with Gasteiger partial charge in [0.25, 0.3) is 0 Å². The number of rotatable bonds is 11. The van der Waals surface area contributed by atoms with E-state index in [0.29, 0.717) is 25.9 Å². The fourth-order valence-corrected chi connectivity index (χ4v) is 3.58. The maximum Gasteiger partial charge on any atom is 0.333 e. The monoisotopic (exact) mass is 416 g/mol. The Morgan fingerprint density at radius 2 is 1.55 bits per heavy atom. The van der Waals surface area contributed by atoms with Crippen LogP contribution in [0.2, 0.25) is 0 Å². The molecule has 0 atom stereocenters. The van der Waals surface area contributed by atoms with Crippen LogP contribution < -0.4 is 5.73 Å². The molecule has 1 aromatic heterocycles. The molecule has 3 N–H and O–H groups in total. The third kappa shape index (κ3) is 6.79. The largest absolute Gasteiger partial charge is 0.478 e. The zero-order chi connectivity index (χ0) is 21.9. The van der Waals surface area contributed by atoms with Crippen LogP contribution in [0.5, 0.6) is 0 Å². The first-order valence-electron chi connectivity index (χ1n) is 10.4. The number of nitrogens with zero attached hydrogens (tertiary/aromatic N) is 1. The number of benzene rings is 2. The van der Waals surface area contributed by atoms with E-state index in [2.05, 4.69) is 29.2 Å². The first-order valence-corrected chi connectivity index (χ1v) is 10.4. The normalized spacial score (nSPS) is 11.9. The molecule has 0 aliphatic rings. The van der Waals surface area contributed by atoms with E-state index < -0.39 is 5.97 Å². The van der Waals surface area contributed by atoms with E-state index >= 15 is 0 Å². The predicted molar refractivity (Wildman–Crippen MR) is 122 cm³/mol.